The van der Waals surface area contributed by atoms with Gasteiger partial charge in [0, 0.05) is 24.2 Å². The van der Waals surface area contributed by atoms with E-state index in [4.69, 9.17) is 5.73 Å². The number of allylic oxidation sites excluding steroid dienone is 1. The number of nitrogens with zero attached hydrogens (tertiary/aromatic N) is 1. The first-order chi connectivity index (χ1) is 16.1. The van der Waals surface area contributed by atoms with Gasteiger partial charge in [-0.2, -0.15) is 0 Å². The van der Waals surface area contributed by atoms with Gasteiger partial charge < -0.3 is 10.6 Å². The minimum absolute atomic E-state index is 0.0151. The van der Waals surface area contributed by atoms with Gasteiger partial charge in [-0.25, -0.2) is 0 Å². The van der Waals surface area contributed by atoms with Crippen LogP contribution in [0.3, 0.4) is 0 Å². The molecule has 0 bridgehead atoms. The molecule has 178 valence electrons. The van der Waals surface area contributed by atoms with Crippen molar-refractivity contribution >= 4 is 23.8 Å². The maximum Gasteiger partial charge on any atom is 0.240 e. The van der Waals surface area contributed by atoms with Gasteiger partial charge in [0.25, 0.3) is 0 Å². The normalized spacial score (nSPS) is 18.0. The Morgan fingerprint density at radius 3 is 1.79 bits per heavy atom. The fourth-order valence-corrected chi connectivity index (χ4v) is 4.09. The van der Waals surface area contributed by atoms with Crippen LogP contribution < -0.4 is 5.73 Å². The van der Waals surface area contributed by atoms with Gasteiger partial charge in [-0.3, -0.25) is 9.59 Å². The largest absolute Gasteiger partial charge is 0.332 e. The number of hydrogen-bond donors (Lipinski definition) is 1. The molecule has 0 spiro atoms. The lowest BCUT2D eigenvalue weighted by atomic mass is 9.92. The standard InChI is InChI=1S/C30H36N2O2/c1-7-19(2)12-28(31)30(34)32-17-26(15-24-10-8-20(3)22(5)13-24)29(33)27(18-32)16-25-11-9-21(4)23(6)14-25/h7-11,13-16,28H,12,17-18,31H2,1-6H3/b19-7+,26-15+,27-16+. The summed E-state index contributed by atoms with van der Waals surface area (Å²) < 4.78 is 0. The Balaban J connectivity index is 2.01. The third kappa shape index (κ3) is 6.00. The highest BCUT2D eigenvalue weighted by molar-refractivity contribution is 6.15. The van der Waals surface area contributed by atoms with Crippen LogP contribution in [0.25, 0.3) is 12.2 Å². The van der Waals surface area contributed by atoms with Crippen LogP contribution in [0.4, 0.5) is 0 Å². The Hall–Kier alpha value is -3.24. The summed E-state index contributed by atoms with van der Waals surface area (Å²) in [5.74, 6) is -0.149. The number of piperidine rings is 1. The first kappa shape index (κ1) is 25.4. The third-order valence-corrected chi connectivity index (χ3v) is 6.71. The van der Waals surface area contributed by atoms with Crippen LogP contribution in [-0.2, 0) is 9.59 Å². The summed E-state index contributed by atoms with van der Waals surface area (Å²) in [6.45, 7) is 12.7. The van der Waals surface area contributed by atoms with E-state index >= 15 is 0 Å². The number of amides is 1. The molecule has 1 unspecified atom stereocenters. The number of aryl methyl sites for hydroxylation is 4. The van der Waals surface area contributed by atoms with E-state index in [9.17, 15) is 9.59 Å². The highest BCUT2D eigenvalue weighted by Crippen LogP contribution is 2.24. The van der Waals surface area contributed by atoms with E-state index in [1.54, 1.807) is 4.90 Å². The van der Waals surface area contributed by atoms with Crippen LogP contribution in [0.2, 0.25) is 0 Å². The molecular weight excluding hydrogens is 420 g/mol. The van der Waals surface area contributed by atoms with Crippen LogP contribution in [0.15, 0.2) is 59.2 Å². The summed E-state index contributed by atoms with van der Waals surface area (Å²) in [5.41, 5.74) is 15.2. The van der Waals surface area contributed by atoms with Crippen LogP contribution in [0.5, 0.6) is 0 Å². The molecule has 2 aromatic carbocycles. The Labute approximate surface area is 203 Å². The Bertz CT molecular complexity index is 1130. The molecule has 0 aliphatic carbocycles. The van der Waals surface area contributed by atoms with E-state index in [-0.39, 0.29) is 24.8 Å². The number of likely N-dealkylation sites (tertiary alicyclic amines) is 1. The first-order valence-corrected chi connectivity index (χ1v) is 11.9. The minimum atomic E-state index is -0.629. The number of ketones is 1. The second-order valence-corrected chi connectivity index (χ2v) is 9.50. The van der Waals surface area contributed by atoms with Crippen molar-refractivity contribution in [1.82, 2.24) is 4.90 Å². The third-order valence-electron chi connectivity index (χ3n) is 6.71. The number of nitrogens with two attached hydrogens (primary N) is 1. The summed E-state index contributed by atoms with van der Waals surface area (Å²) in [6.07, 6.45) is 6.30. The summed E-state index contributed by atoms with van der Waals surface area (Å²) >= 11 is 0. The number of Topliss-reactive ketones (excluding diaryl/α,β-unsaturated/α-hetero) is 1. The fraction of sp³-hybridized carbons (Fsp3) is 0.333. The van der Waals surface area contributed by atoms with Crippen molar-refractivity contribution in [3.63, 3.8) is 0 Å². The fourth-order valence-electron chi connectivity index (χ4n) is 4.09. The van der Waals surface area contributed by atoms with E-state index < -0.39 is 6.04 Å². The monoisotopic (exact) mass is 456 g/mol. The molecule has 4 nitrogen and oxygen atoms in total. The van der Waals surface area contributed by atoms with E-state index in [0.29, 0.717) is 17.6 Å². The lowest BCUT2D eigenvalue weighted by Crippen LogP contribution is -2.49. The van der Waals surface area contributed by atoms with Gasteiger partial charge in [0.2, 0.25) is 5.91 Å². The summed E-state index contributed by atoms with van der Waals surface area (Å²) in [6, 6.07) is 11.7. The molecule has 1 aliphatic heterocycles. The van der Waals surface area contributed by atoms with Crippen molar-refractivity contribution in [2.24, 2.45) is 5.73 Å². The van der Waals surface area contributed by atoms with Crippen molar-refractivity contribution < 1.29 is 9.59 Å². The molecule has 1 heterocycles. The molecule has 1 fully saturated rings. The van der Waals surface area contributed by atoms with Gasteiger partial charge >= 0.3 is 0 Å². The van der Waals surface area contributed by atoms with Crippen molar-refractivity contribution in [1.29, 1.82) is 0 Å². The van der Waals surface area contributed by atoms with E-state index in [2.05, 4.69) is 52.0 Å². The molecule has 1 amide bonds. The van der Waals surface area contributed by atoms with Gasteiger partial charge in [0.05, 0.1) is 6.04 Å². The maximum absolute atomic E-state index is 13.5. The zero-order chi connectivity index (χ0) is 25.0. The van der Waals surface area contributed by atoms with Gasteiger partial charge in [-0.1, -0.05) is 48.0 Å². The molecule has 1 aliphatic rings. The second-order valence-electron chi connectivity index (χ2n) is 9.50. The number of carbonyl (C=O) groups is 2. The lowest BCUT2D eigenvalue weighted by molar-refractivity contribution is -0.132. The van der Waals surface area contributed by atoms with Gasteiger partial charge in [0.1, 0.15) is 0 Å². The maximum atomic E-state index is 13.5. The molecule has 34 heavy (non-hydrogen) atoms. The predicted octanol–water partition coefficient (Wildman–Crippen LogP) is 5.48. The molecular formula is C30H36N2O2. The lowest BCUT2D eigenvalue weighted by Gasteiger charge is -2.32. The van der Waals surface area contributed by atoms with E-state index in [0.717, 1.165) is 16.7 Å². The van der Waals surface area contributed by atoms with Crippen molar-refractivity contribution in [3.05, 3.63) is 92.6 Å². The molecule has 0 aromatic heterocycles. The Morgan fingerprint density at radius 2 is 1.38 bits per heavy atom. The first-order valence-electron chi connectivity index (χ1n) is 11.9. The summed E-state index contributed by atoms with van der Waals surface area (Å²) in [5, 5.41) is 0. The van der Waals surface area contributed by atoms with Gasteiger partial charge in [-0.15, -0.1) is 0 Å². The van der Waals surface area contributed by atoms with Crippen molar-refractivity contribution in [2.75, 3.05) is 13.1 Å². The zero-order valence-electron chi connectivity index (χ0n) is 21.2. The molecule has 0 saturated carbocycles. The number of hydrogen-bond acceptors (Lipinski definition) is 3. The van der Waals surface area contributed by atoms with E-state index in [1.165, 1.54) is 22.3 Å². The van der Waals surface area contributed by atoms with Crippen LogP contribution in [0.1, 0.15) is 53.6 Å². The Kier molecular flexibility index (Phi) is 8.06. The van der Waals surface area contributed by atoms with Crippen molar-refractivity contribution in [3.8, 4) is 0 Å². The molecule has 2 N–H and O–H groups in total. The zero-order valence-corrected chi connectivity index (χ0v) is 21.2. The minimum Gasteiger partial charge on any atom is -0.332 e. The summed E-state index contributed by atoms with van der Waals surface area (Å²) in [7, 11) is 0. The topological polar surface area (TPSA) is 63.4 Å². The summed E-state index contributed by atoms with van der Waals surface area (Å²) in [4.78, 5) is 28.5. The molecule has 3 rings (SSSR count). The highest BCUT2D eigenvalue weighted by Gasteiger charge is 2.31. The van der Waals surface area contributed by atoms with Crippen LogP contribution >= 0.6 is 0 Å². The number of rotatable bonds is 5. The van der Waals surface area contributed by atoms with Crippen molar-refractivity contribution in [2.45, 2.75) is 54.0 Å². The second kappa shape index (κ2) is 10.8. The molecule has 1 saturated heterocycles. The number of carbonyl (C=O) groups excluding carboxylic acids is 2. The highest BCUT2D eigenvalue weighted by atomic mass is 16.2. The van der Waals surface area contributed by atoms with E-state index in [1.807, 2.05) is 44.2 Å². The quantitative estimate of drug-likeness (QED) is 0.478. The molecule has 4 heteroatoms. The van der Waals surface area contributed by atoms with Crippen LogP contribution in [-0.4, -0.2) is 35.7 Å². The molecule has 2 aromatic rings. The van der Waals surface area contributed by atoms with Crippen LogP contribution in [0, 0.1) is 27.7 Å². The Morgan fingerprint density at radius 1 is 0.912 bits per heavy atom. The smallest absolute Gasteiger partial charge is 0.240 e. The van der Waals surface area contributed by atoms with Gasteiger partial charge in [0.15, 0.2) is 5.78 Å². The molecule has 1 atom stereocenters. The predicted molar refractivity (Wildman–Crippen MR) is 141 cm³/mol. The van der Waals surface area contributed by atoms with Gasteiger partial charge in [-0.05, 0) is 93.5 Å². The molecule has 0 radical (unpaired) electrons. The average molecular weight is 457 g/mol. The average Bonchev–Trinajstić information content (AvgIpc) is 2.80. The number of benzene rings is 2. The SMILES string of the molecule is C/C=C(\C)CC(N)C(=O)N1C/C(=C\c2ccc(C)c(C)c2)C(=O)/C(=C/c2ccc(C)c(C)c2)C1.